The van der Waals surface area contributed by atoms with Crippen molar-refractivity contribution < 1.29 is 13.9 Å². The zero-order valence-corrected chi connectivity index (χ0v) is 15.6. The molecule has 0 atom stereocenters. The number of carbonyl (C=O) groups is 1. The lowest BCUT2D eigenvalue weighted by molar-refractivity contribution is 0.0717. The third-order valence-corrected chi connectivity index (χ3v) is 4.70. The molecule has 0 aliphatic heterocycles. The molecular weight excluding hydrogens is 396 g/mol. The van der Waals surface area contributed by atoms with Gasteiger partial charge in [0.15, 0.2) is 0 Å². The second-order valence-corrected chi connectivity index (χ2v) is 7.10. The van der Waals surface area contributed by atoms with Gasteiger partial charge in [0.1, 0.15) is 11.5 Å². The minimum atomic E-state index is -0.0356. The van der Waals surface area contributed by atoms with Crippen molar-refractivity contribution in [3.8, 4) is 11.6 Å². The van der Waals surface area contributed by atoms with Gasteiger partial charge in [0.2, 0.25) is 5.88 Å². The van der Waals surface area contributed by atoms with Crippen LogP contribution in [0.1, 0.15) is 29.0 Å². The molecule has 6 heteroatoms. The molecule has 1 aromatic carbocycles. The second-order valence-electron chi connectivity index (χ2n) is 6.18. The van der Waals surface area contributed by atoms with Gasteiger partial charge in [0.05, 0.1) is 18.4 Å². The van der Waals surface area contributed by atoms with Crippen molar-refractivity contribution in [2.75, 3.05) is 0 Å². The van der Waals surface area contributed by atoms with E-state index < -0.39 is 0 Å². The highest BCUT2D eigenvalue weighted by Crippen LogP contribution is 2.30. The lowest BCUT2D eigenvalue weighted by atomic mass is 10.2. The van der Waals surface area contributed by atoms with Crippen LogP contribution in [0.4, 0.5) is 0 Å². The third-order valence-electron chi connectivity index (χ3n) is 4.17. The molecular formula is C20H17BrN2O3. The molecule has 0 bridgehead atoms. The van der Waals surface area contributed by atoms with Crippen LogP contribution in [0.2, 0.25) is 0 Å². The summed E-state index contributed by atoms with van der Waals surface area (Å²) in [5.41, 5.74) is 0.548. The Kier molecular flexibility index (Phi) is 4.75. The number of nitrogens with zero attached hydrogens (tertiary/aromatic N) is 2. The summed E-state index contributed by atoms with van der Waals surface area (Å²) >= 11 is 3.39. The van der Waals surface area contributed by atoms with Crippen molar-refractivity contribution in [3.05, 3.63) is 76.8 Å². The van der Waals surface area contributed by atoms with E-state index in [1.54, 1.807) is 24.6 Å². The van der Waals surface area contributed by atoms with Crippen LogP contribution in [-0.4, -0.2) is 21.8 Å². The third kappa shape index (κ3) is 3.96. The molecule has 2 aromatic heterocycles. The molecule has 0 spiro atoms. The number of pyridine rings is 1. The summed E-state index contributed by atoms with van der Waals surface area (Å²) in [5, 5.41) is 0. The van der Waals surface area contributed by atoms with Gasteiger partial charge in [-0.3, -0.25) is 4.79 Å². The molecule has 0 saturated heterocycles. The summed E-state index contributed by atoms with van der Waals surface area (Å²) in [4.78, 5) is 19.0. The van der Waals surface area contributed by atoms with Crippen molar-refractivity contribution in [2.24, 2.45) is 0 Å². The van der Waals surface area contributed by atoms with E-state index in [2.05, 4.69) is 20.9 Å². The fourth-order valence-corrected chi connectivity index (χ4v) is 2.94. The van der Waals surface area contributed by atoms with E-state index in [-0.39, 0.29) is 11.9 Å². The Bertz CT molecular complexity index is 872. The van der Waals surface area contributed by atoms with Crippen molar-refractivity contribution >= 4 is 21.8 Å². The van der Waals surface area contributed by atoms with E-state index in [9.17, 15) is 4.79 Å². The van der Waals surface area contributed by atoms with Crippen LogP contribution in [0.5, 0.6) is 11.6 Å². The van der Waals surface area contributed by atoms with Gasteiger partial charge in [-0.05, 0) is 55.3 Å². The van der Waals surface area contributed by atoms with Gasteiger partial charge < -0.3 is 14.1 Å². The molecule has 0 unspecified atom stereocenters. The summed E-state index contributed by atoms with van der Waals surface area (Å²) in [6, 6.07) is 15.0. The average molecular weight is 413 g/mol. The van der Waals surface area contributed by atoms with Crippen LogP contribution >= 0.6 is 15.9 Å². The Hall–Kier alpha value is -2.60. The predicted octanol–water partition coefficient (Wildman–Crippen LogP) is 5.03. The van der Waals surface area contributed by atoms with Gasteiger partial charge >= 0.3 is 0 Å². The van der Waals surface area contributed by atoms with Crippen LogP contribution in [0.3, 0.4) is 0 Å². The number of hydrogen-bond donors (Lipinski definition) is 0. The van der Waals surface area contributed by atoms with E-state index in [4.69, 9.17) is 9.15 Å². The topological polar surface area (TPSA) is 55.6 Å². The van der Waals surface area contributed by atoms with Crippen LogP contribution in [0.15, 0.2) is 69.9 Å². The number of hydrogen-bond acceptors (Lipinski definition) is 4. The van der Waals surface area contributed by atoms with Gasteiger partial charge in [-0.1, -0.05) is 15.9 Å². The molecule has 0 N–H and O–H groups in total. The van der Waals surface area contributed by atoms with Crippen LogP contribution < -0.4 is 4.74 Å². The average Bonchev–Trinajstić information content (AvgIpc) is 3.37. The fourth-order valence-electron chi connectivity index (χ4n) is 2.68. The molecule has 1 saturated carbocycles. The highest BCUT2D eigenvalue weighted by Gasteiger charge is 2.33. The maximum absolute atomic E-state index is 12.9. The molecule has 1 aliphatic rings. The highest BCUT2D eigenvalue weighted by molar-refractivity contribution is 9.10. The quantitative estimate of drug-likeness (QED) is 0.569. The lowest BCUT2D eigenvalue weighted by Crippen LogP contribution is -2.32. The van der Waals surface area contributed by atoms with Gasteiger partial charge in [0, 0.05) is 22.8 Å². The maximum atomic E-state index is 12.9. The van der Waals surface area contributed by atoms with Crippen LogP contribution in [-0.2, 0) is 6.54 Å². The van der Waals surface area contributed by atoms with Crippen molar-refractivity contribution in [3.63, 3.8) is 0 Å². The number of rotatable bonds is 6. The number of benzene rings is 1. The summed E-state index contributed by atoms with van der Waals surface area (Å²) < 4.78 is 12.1. The van der Waals surface area contributed by atoms with Crippen molar-refractivity contribution in [1.29, 1.82) is 0 Å². The molecule has 1 amide bonds. The van der Waals surface area contributed by atoms with Crippen molar-refractivity contribution in [1.82, 2.24) is 9.88 Å². The normalized spacial score (nSPS) is 13.4. The van der Waals surface area contributed by atoms with E-state index in [0.29, 0.717) is 23.7 Å². The largest absolute Gasteiger partial charge is 0.467 e. The summed E-state index contributed by atoms with van der Waals surface area (Å²) in [7, 11) is 0. The molecule has 3 aromatic rings. The minimum Gasteiger partial charge on any atom is -0.467 e. The summed E-state index contributed by atoms with van der Waals surface area (Å²) in [6.45, 7) is 0.480. The van der Waals surface area contributed by atoms with Gasteiger partial charge in [-0.15, -0.1) is 0 Å². The molecule has 1 fully saturated rings. The Labute approximate surface area is 159 Å². The standard InChI is InChI=1S/C20H17BrN2O3/c21-15-4-8-17(9-5-15)26-19-10-3-14(12-22-19)20(24)23(16-6-7-16)13-18-2-1-11-25-18/h1-5,8-12,16H,6-7,13H2. The van der Waals surface area contributed by atoms with Gasteiger partial charge in [-0.2, -0.15) is 0 Å². The summed E-state index contributed by atoms with van der Waals surface area (Å²) in [5.74, 6) is 1.89. The second kappa shape index (κ2) is 7.33. The summed E-state index contributed by atoms with van der Waals surface area (Å²) in [6.07, 6.45) is 5.25. The van der Waals surface area contributed by atoms with Crippen LogP contribution in [0.25, 0.3) is 0 Å². The first-order valence-electron chi connectivity index (χ1n) is 8.42. The maximum Gasteiger partial charge on any atom is 0.256 e. The number of ether oxygens (including phenoxy) is 1. The molecule has 26 heavy (non-hydrogen) atoms. The predicted molar refractivity (Wildman–Crippen MR) is 100 cm³/mol. The Morgan fingerprint density at radius 3 is 2.62 bits per heavy atom. The zero-order valence-electron chi connectivity index (χ0n) is 14.0. The Balaban J connectivity index is 1.46. The zero-order chi connectivity index (χ0) is 17.9. The number of aromatic nitrogens is 1. The first-order valence-corrected chi connectivity index (χ1v) is 9.21. The van der Waals surface area contributed by atoms with E-state index in [0.717, 1.165) is 23.1 Å². The van der Waals surface area contributed by atoms with Crippen LogP contribution in [0, 0.1) is 0 Å². The number of amides is 1. The molecule has 2 heterocycles. The van der Waals surface area contributed by atoms with Crippen molar-refractivity contribution in [2.45, 2.75) is 25.4 Å². The molecule has 0 radical (unpaired) electrons. The van der Waals surface area contributed by atoms with E-state index >= 15 is 0 Å². The Morgan fingerprint density at radius 2 is 2.00 bits per heavy atom. The molecule has 4 rings (SSSR count). The highest BCUT2D eigenvalue weighted by atomic mass is 79.9. The lowest BCUT2D eigenvalue weighted by Gasteiger charge is -2.21. The molecule has 132 valence electrons. The molecule has 5 nitrogen and oxygen atoms in total. The first-order chi connectivity index (χ1) is 12.7. The number of furan rings is 1. The SMILES string of the molecule is O=C(c1ccc(Oc2ccc(Br)cc2)nc1)N(Cc1ccco1)C1CC1. The molecule has 1 aliphatic carbocycles. The minimum absolute atomic E-state index is 0.0356. The smallest absolute Gasteiger partial charge is 0.256 e. The monoisotopic (exact) mass is 412 g/mol. The number of halogens is 1. The first kappa shape index (κ1) is 16.8. The van der Waals surface area contributed by atoms with E-state index in [1.807, 2.05) is 41.3 Å². The fraction of sp³-hybridized carbons (Fsp3) is 0.200. The van der Waals surface area contributed by atoms with E-state index in [1.165, 1.54) is 0 Å². The van der Waals surface area contributed by atoms with Gasteiger partial charge in [0.25, 0.3) is 5.91 Å². The Morgan fingerprint density at radius 1 is 1.19 bits per heavy atom. The van der Waals surface area contributed by atoms with Gasteiger partial charge in [-0.25, -0.2) is 4.98 Å². The number of carbonyl (C=O) groups excluding carboxylic acids is 1.